The number of benzene rings is 2. The summed E-state index contributed by atoms with van der Waals surface area (Å²) in [4.78, 5) is 18.6. The van der Waals surface area contributed by atoms with Gasteiger partial charge in [0.25, 0.3) is 0 Å². The molecule has 7 heteroatoms. The third kappa shape index (κ3) is 3.96. The van der Waals surface area contributed by atoms with Crippen LogP contribution in [0.4, 0.5) is 0 Å². The van der Waals surface area contributed by atoms with Gasteiger partial charge in [0, 0.05) is 35.7 Å². The Labute approximate surface area is 235 Å². The summed E-state index contributed by atoms with van der Waals surface area (Å²) in [6.07, 6.45) is 5.88. The van der Waals surface area contributed by atoms with Crippen LogP contribution in [0.2, 0.25) is 10.0 Å². The first-order valence-corrected chi connectivity index (χ1v) is 14.6. The maximum atomic E-state index is 14.0. The number of nitrogens with zero attached hydrogens (tertiary/aromatic N) is 2. The second-order valence-electron chi connectivity index (χ2n) is 11.9. The molecule has 5 nitrogen and oxygen atoms in total. The predicted molar refractivity (Wildman–Crippen MR) is 151 cm³/mol. The lowest BCUT2D eigenvalue weighted by Gasteiger charge is -2.60. The number of carbonyl (C=O) groups is 1. The summed E-state index contributed by atoms with van der Waals surface area (Å²) in [5.74, 6) is 2.11. The van der Waals surface area contributed by atoms with Gasteiger partial charge < -0.3 is 14.7 Å². The Bertz CT molecular complexity index is 1280. The van der Waals surface area contributed by atoms with Crippen LogP contribution in [0.25, 0.3) is 0 Å². The average Bonchev–Trinajstić information content (AvgIpc) is 3.21. The molecule has 1 saturated heterocycles. The van der Waals surface area contributed by atoms with Crippen LogP contribution in [0, 0.1) is 11.8 Å². The van der Waals surface area contributed by atoms with E-state index in [-0.39, 0.29) is 29.9 Å². The number of carbonyl (C=O) groups excluding carboxylic acids is 1. The number of hydrogen-bond donors (Lipinski definition) is 1. The van der Waals surface area contributed by atoms with Crippen molar-refractivity contribution in [2.45, 2.75) is 69.6 Å². The fourth-order valence-electron chi connectivity index (χ4n) is 8.06. The molecular formula is C31H36Cl2N2O3. The maximum Gasteiger partial charge on any atom is 0.227 e. The smallest absolute Gasteiger partial charge is 0.227 e. The fraction of sp³-hybridized carbons (Fsp3) is 0.516. The summed E-state index contributed by atoms with van der Waals surface area (Å²) in [5, 5.41) is 11.9. The SMILES string of the molecule is C=CCN1CC[C@@]23c4c5ccc(O)c4C[C@@H]1[C@@H]2CC[C@@H](N(CC(C)C)C(=O)Cc1ccc(Cl)c(Cl)c1)[C@@H]3O5. The third-order valence-corrected chi connectivity index (χ3v) is 10.1. The van der Waals surface area contributed by atoms with Crippen molar-refractivity contribution >= 4 is 29.1 Å². The number of ether oxygens (including phenoxy) is 1. The summed E-state index contributed by atoms with van der Waals surface area (Å²) in [5.41, 5.74) is 2.93. The molecule has 0 aromatic heterocycles. The van der Waals surface area contributed by atoms with Gasteiger partial charge in [-0.2, -0.15) is 0 Å². The standard InChI is InChI=1S/C31H36Cl2N2O3/c1-4-12-34-13-11-31-21-6-8-24(30(31)38-27-10-9-26(36)20(29(27)31)16-25(21)34)35(17-18(2)3)28(37)15-19-5-7-22(32)23(33)14-19/h4-5,7,9-10,14,18,21,24-25,30,36H,1,6,8,11-13,15-17H2,2-3H3/t21-,24+,25+,30-,31-/m0/s1. The van der Waals surface area contributed by atoms with Gasteiger partial charge in [-0.1, -0.05) is 49.2 Å². The first-order chi connectivity index (χ1) is 18.2. The maximum absolute atomic E-state index is 14.0. The van der Waals surface area contributed by atoms with Gasteiger partial charge in [-0.3, -0.25) is 9.69 Å². The number of likely N-dealkylation sites (tertiary alicyclic amines) is 1. The van der Waals surface area contributed by atoms with Gasteiger partial charge >= 0.3 is 0 Å². The van der Waals surface area contributed by atoms with Gasteiger partial charge in [-0.05, 0) is 73.9 Å². The molecule has 4 aliphatic rings. The molecule has 2 aromatic carbocycles. The van der Waals surface area contributed by atoms with Crippen LogP contribution in [0.15, 0.2) is 43.0 Å². The number of phenolic OH excluding ortho intramolecular Hbond substituents is 1. The van der Waals surface area contributed by atoms with E-state index in [2.05, 4.69) is 30.2 Å². The van der Waals surface area contributed by atoms with Gasteiger partial charge in [0.1, 0.15) is 17.6 Å². The Morgan fingerprint density at radius 3 is 2.82 bits per heavy atom. The topological polar surface area (TPSA) is 53.0 Å². The van der Waals surface area contributed by atoms with Crippen molar-refractivity contribution in [3.63, 3.8) is 0 Å². The van der Waals surface area contributed by atoms with Crippen molar-refractivity contribution in [3.05, 3.63) is 69.7 Å². The largest absolute Gasteiger partial charge is 0.508 e. The normalized spacial score (nSPS) is 29.1. The van der Waals surface area contributed by atoms with Crippen LogP contribution in [0.5, 0.6) is 11.5 Å². The summed E-state index contributed by atoms with van der Waals surface area (Å²) < 4.78 is 6.86. The quantitative estimate of drug-likeness (QED) is 0.425. The molecule has 1 saturated carbocycles. The highest BCUT2D eigenvalue weighted by Gasteiger charge is 2.66. The number of halogens is 2. The highest BCUT2D eigenvalue weighted by molar-refractivity contribution is 6.42. The van der Waals surface area contributed by atoms with Gasteiger partial charge in [0.15, 0.2) is 0 Å². The number of piperidine rings is 1. The van der Waals surface area contributed by atoms with Gasteiger partial charge in [-0.25, -0.2) is 0 Å². The average molecular weight is 556 g/mol. The Kier molecular flexibility index (Phi) is 6.69. The lowest BCUT2D eigenvalue weighted by molar-refractivity contribution is -0.142. The first-order valence-electron chi connectivity index (χ1n) is 13.8. The Hall–Kier alpha value is -2.21. The molecule has 1 amide bonds. The Balaban J connectivity index is 1.39. The van der Waals surface area contributed by atoms with Crippen molar-refractivity contribution in [1.82, 2.24) is 9.80 Å². The van der Waals surface area contributed by atoms with E-state index in [9.17, 15) is 9.90 Å². The summed E-state index contributed by atoms with van der Waals surface area (Å²) in [6, 6.07) is 9.47. The Morgan fingerprint density at radius 1 is 1.26 bits per heavy atom. The molecule has 0 unspecified atom stereocenters. The minimum Gasteiger partial charge on any atom is -0.508 e. The molecule has 5 atom stereocenters. The molecular weight excluding hydrogens is 519 g/mol. The van der Waals surface area contributed by atoms with Crippen molar-refractivity contribution in [1.29, 1.82) is 0 Å². The fourth-order valence-corrected chi connectivity index (χ4v) is 8.38. The number of phenols is 1. The zero-order valence-corrected chi connectivity index (χ0v) is 23.6. The van der Waals surface area contributed by atoms with Gasteiger partial charge in [0.05, 0.1) is 22.5 Å². The number of hydrogen-bond acceptors (Lipinski definition) is 4. The third-order valence-electron chi connectivity index (χ3n) is 9.41. The summed E-state index contributed by atoms with van der Waals surface area (Å²) >= 11 is 12.4. The van der Waals surface area contributed by atoms with Crippen molar-refractivity contribution in [2.75, 3.05) is 19.6 Å². The molecule has 1 N–H and O–H groups in total. The van der Waals surface area contributed by atoms with E-state index in [4.69, 9.17) is 27.9 Å². The highest BCUT2D eigenvalue weighted by atomic mass is 35.5. The lowest BCUT2D eigenvalue weighted by Crippen LogP contribution is -2.69. The molecule has 202 valence electrons. The van der Waals surface area contributed by atoms with E-state index < -0.39 is 0 Å². The monoisotopic (exact) mass is 554 g/mol. The molecule has 0 radical (unpaired) electrons. The molecule has 1 spiro atoms. The number of rotatable bonds is 7. The van der Waals surface area contributed by atoms with Crippen LogP contribution in [-0.4, -0.2) is 58.6 Å². The van der Waals surface area contributed by atoms with Crippen molar-refractivity contribution < 1.29 is 14.6 Å². The molecule has 2 bridgehead atoms. The zero-order valence-electron chi connectivity index (χ0n) is 22.1. The van der Waals surface area contributed by atoms with Crippen molar-refractivity contribution in [2.24, 2.45) is 11.8 Å². The minimum absolute atomic E-state index is 0.0315. The van der Waals surface area contributed by atoms with E-state index in [0.29, 0.717) is 40.2 Å². The highest BCUT2D eigenvalue weighted by Crippen LogP contribution is 2.63. The van der Waals surface area contributed by atoms with Gasteiger partial charge in [-0.15, -0.1) is 6.58 Å². The molecule has 2 fully saturated rings. The predicted octanol–water partition coefficient (Wildman–Crippen LogP) is 6.02. The molecule has 2 heterocycles. The number of aromatic hydroxyl groups is 1. The van der Waals surface area contributed by atoms with E-state index in [1.165, 1.54) is 5.56 Å². The molecule has 2 aromatic rings. The van der Waals surface area contributed by atoms with E-state index in [1.54, 1.807) is 18.2 Å². The Morgan fingerprint density at radius 2 is 2.08 bits per heavy atom. The molecule has 38 heavy (non-hydrogen) atoms. The molecule has 6 rings (SSSR count). The second-order valence-corrected chi connectivity index (χ2v) is 12.8. The zero-order chi connectivity index (χ0) is 26.8. The van der Waals surface area contributed by atoms with Crippen LogP contribution >= 0.6 is 23.2 Å². The van der Waals surface area contributed by atoms with Crippen LogP contribution in [0.3, 0.4) is 0 Å². The van der Waals surface area contributed by atoms with Crippen molar-refractivity contribution in [3.8, 4) is 11.5 Å². The van der Waals surface area contributed by atoms with Crippen LogP contribution < -0.4 is 4.74 Å². The summed E-state index contributed by atoms with van der Waals surface area (Å²) in [7, 11) is 0. The van der Waals surface area contributed by atoms with Crippen LogP contribution in [-0.2, 0) is 23.1 Å². The van der Waals surface area contributed by atoms with E-state index >= 15 is 0 Å². The first kappa shape index (κ1) is 26.0. The van der Waals surface area contributed by atoms with Crippen LogP contribution in [0.1, 0.15) is 49.8 Å². The molecule has 2 aliphatic heterocycles. The minimum atomic E-state index is -0.188. The second kappa shape index (κ2) is 9.76. The van der Waals surface area contributed by atoms with Gasteiger partial charge in [0.2, 0.25) is 5.91 Å². The number of amides is 1. The van der Waals surface area contributed by atoms with E-state index in [1.807, 2.05) is 18.2 Å². The molecule has 2 aliphatic carbocycles. The summed E-state index contributed by atoms with van der Waals surface area (Å²) in [6.45, 7) is 10.8. The lowest BCUT2D eigenvalue weighted by atomic mass is 9.51. The van der Waals surface area contributed by atoms with E-state index in [0.717, 1.165) is 55.6 Å².